The zero-order valence-electron chi connectivity index (χ0n) is 30.4. The molecule has 2 aliphatic carbocycles. The molecule has 1 saturated carbocycles. The van der Waals surface area contributed by atoms with Crippen molar-refractivity contribution < 1.29 is 0 Å². The van der Waals surface area contributed by atoms with E-state index in [9.17, 15) is 0 Å². The Bertz CT molecular complexity index is 2680. The monoisotopic (exact) mass is 702 g/mol. The third-order valence-corrected chi connectivity index (χ3v) is 13.1. The van der Waals surface area contributed by atoms with E-state index in [1.165, 1.54) is 39.3 Å². The molecule has 1 fully saturated rings. The lowest BCUT2D eigenvalue weighted by Crippen LogP contribution is -2.50. The summed E-state index contributed by atoms with van der Waals surface area (Å²) in [4.78, 5) is 30.6. The Labute approximate surface area is 314 Å². The highest BCUT2D eigenvalue weighted by Crippen LogP contribution is 2.80. The molecule has 0 saturated heterocycles. The highest BCUT2D eigenvalue weighted by atomic mass is 15.5. The molecule has 262 valence electrons. The van der Waals surface area contributed by atoms with E-state index in [2.05, 4.69) is 162 Å². The van der Waals surface area contributed by atoms with Gasteiger partial charge >= 0.3 is 0 Å². The van der Waals surface area contributed by atoms with Crippen LogP contribution < -0.4 is 19.6 Å². The normalized spacial score (nSPS) is 28.1. The Morgan fingerprint density at radius 1 is 0.648 bits per heavy atom. The van der Waals surface area contributed by atoms with Crippen LogP contribution in [0.1, 0.15) is 44.7 Å². The van der Waals surface area contributed by atoms with Gasteiger partial charge in [-0.1, -0.05) is 99.7 Å². The van der Waals surface area contributed by atoms with E-state index in [-0.39, 0.29) is 23.2 Å². The van der Waals surface area contributed by atoms with Gasteiger partial charge in [0.25, 0.3) is 0 Å². The van der Waals surface area contributed by atoms with Crippen LogP contribution in [0.5, 0.6) is 0 Å². The van der Waals surface area contributed by atoms with Gasteiger partial charge in [-0.25, -0.2) is 19.9 Å². The van der Waals surface area contributed by atoms with E-state index in [0.29, 0.717) is 5.92 Å². The maximum absolute atomic E-state index is 5.36. The van der Waals surface area contributed by atoms with Crippen LogP contribution in [-0.2, 0) is 5.41 Å². The van der Waals surface area contributed by atoms with Gasteiger partial charge in [-0.2, -0.15) is 0 Å². The quantitative estimate of drug-likeness (QED) is 0.177. The molecule has 5 atom stereocenters. The molecule has 0 amide bonds. The lowest BCUT2D eigenvalue weighted by Gasteiger charge is -2.43. The maximum atomic E-state index is 5.36. The van der Waals surface area contributed by atoms with Crippen LogP contribution in [0.3, 0.4) is 0 Å². The van der Waals surface area contributed by atoms with Crippen LogP contribution in [0.4, 0.5) is 40.3 Å². The molecule has 0 bridgehead atoms. The fraction of sp³-hybridized carbons (Fsp3) is 0.217. The largest absolute Gasteiger partial charge is 0.302 e. The van der Waals surface area contributed by atoms with Crippen molar-refractivity contribution in [2.45, 2.75) is 51.4 Å². The summed E-state index contributed by atoms with van der Waals surface area (Å²) in [5.41, 5.74) is 11.5. The van der Waals surface area contributed by atoms with Crippen molar-refractivity contribution in [1.29, 1.82) is 0 Å². The van der Waals surface area contributed by atoms with Gasteiger partial charge in [-0.3, -0.25) is 0 Å². The average Bonchev–Trinajstić information content (AvgIpc) is 3.42. The first-order valence-corrected chi connectivity index (χ1v) is 19.1. The van der Waals surface area contributed by atoms with Gasteiger partial charge in [-0.05, 0) is 71.5 Å². The zero-order chi connectivity index (χ0) is 35.9. The number of hydrogen-bond acceptors (Lipinski definition) is 8. The van der Waals surface area contributed by atoms with Crippen molar-refractivity contribution in [2.75, 3.05) is 19.6 Å². The molecule has 6 aliphatic rings. The SMILES string of the molecule is CC1C=C(N2c3nc4ccccc4nc3N3c4ccccc4/C(=C4\C5(C)c6ccccc6N6c7nccnc7N(c7ccccc7)C6C45C)CC23)C=CC1. The van der Waals surface area contributed by atoms with Crippen molar-refractivity contribution in [1.82, 2.24) is 19.9 Å². The van der Waals surface area contributed by atoms with Crippen molar-refractivity contribution in [2.24, 2.45) is 11.3 Å². The first kappa shape index (κ1) is 30.2. The van der Waals surface area contributed by atoms with E-state index in [4.69, 9.17) is 19.9 Å². The van der Waals surface area contributed by atoms with Crippen molar-refractivity contribution in [3.05, 3.63) is 156 Å². The predicted octanol–water partition coefficient (Wildman–Crippen LogP) is 9.95. The summed E-state index contributed by atoms with van der Waals surface area (Å²) in [6, 6.07) is 37.0. The van der Waals surface area contributed by atoms with Gasteiger partial charge in [-0.15, -0.1) is 0 Å². The van der Waals surface area contributed by atoms with Crippen LogP contribution >= 0.6 is 0 Å². The molecular weight excluding hydrogens is 665 g/mol. The van der Waals surface area contributed by atoms with Crippen LogP contribution in [0.2, 0.25) is 0 Å². The van der Waals surface area contributed by atoms with Gasteiger partial charge in [0.15, 0.2) is 23.3 Å². The molecule has 2 aromatic heterocycles. The molecule has 5 unspecified atom stereocenters. The third-order valence-electron chi connectivity index (χ3n) is 13.1. The average molecular weight is 703 g/mol. The summed E-state index contributed by atoms with van der Waals surface area (Å²) in [5, 5.41) is 0. The number of nitrogens with zero attached hydrogens (tertiary/aromatic N) is 8. The Morgan fingerprint density at radius 2 is 1.30 bits per heavy atom. The fourth-order valence-electron chi connectivity index (χ4n) is 10.8. The molecule has 0 spiro atoms. The minimum absolute atomic E-state index is 0.0362. The molecule has 6 aromatic rings. The summed E-state index contributed by atoms with van der Waals surface area (Å²) >= 11 is 0. The third kappa shape index (κ3) is 3.63. The minimum Gasteiger partial charge on any atom is -0.302 e. The van der Waals surface area contributed by atoms with Crippen molar-refractivity contribution in [3.8, 4) is 0 Å². The number of hydrogen-bond donors (Lipinski definition) is 0. The first-order valence-electron chi connectivity index (χ1n) is 19.1. The molecule has 6 heterocycles. The molecular formula is C46H38N8. The van der Waals surface area contributed by atoms with Gasteiger partial charge in [0, 0.05) is 52.3 Å². The van der Waals surface area contributed by atoms with E-state index < -0.39 is 0 Å². The second-order valence-electron chi connectivity index (χ2n) is 15.9. The smallest absolute Gasteiger partial charge is 0.179 e. The molecule has 8 nitrogen and oxygen atoms in total. The highest BCUT2D eigenvalue weighted by molar-refractivity contribution is 5.99. The number of benzene rings is 4. The molecule has 4 aliphatic heterocycles. The van der Waals surface area contributed by atoms with E-state index >= 15 is 0 Å². The highest BCUT2D eigenvalue weighted by Gasteiger charge is 2.78. The number of rotatable bonds is 2. The second kappa shape index (κ2) is 10.4. The topological polar surface area (TPSA) is 64.5 Å². The number of anilines is 7. The lowest BCUT2D eigenvalue weighted by molar-refractivity contribution is 0.376. The maximum Gasteiger partial charge on any atom is 0.179 e. The zero-order valence-corrected chi connectivity index (χ0v) is 30.4. The number of fused-ring (bicyclic) bond motifs is 14. The lowest BCUT2D eigenvalue weighted by atomic mass is 9.81. The van der Waals surface area contributed by atoms with E-state index in [1.54, 1.807) is 0 Å². The first-order chi connectivity index (χ1) is 26.5. The van der Waals surface area contributed by atoms with Crippen molar-refractivity contribution >= 4 is 56.9 Å². The molecule has 12 rings (SSSR count). The Morgan fingerprint density at radius 3 is 2.06 bits per heavy atom. The molecule has 8 heteroatoms. The minimum atomic E-state index is -0.288. The van der Waals surface area contributed by atoms with E-state index in [1.807, 2.05) is 12.4 Å². The predicted molar refractivity (Wildman–Crippen MR) is 215 cm³/mol. The molecule has 4 aromatic carbocycles. The van der Waals surface area contributed by atoms with E-state index in [0.717, 1.165) is 52.8 Å². The summed E-state index contributed by atoms with van der Waals surface area (Å²) in [5.74, 6) is 4.08. The van der Waals surface area contributed by atoms with Crippen LogP contribution in [0, 0.1) is 11.3 Å². The van der Waals surface area contributed by atoms with Crippen LogP contribution in [0.15, 0.2) is 145 Å². The second-order valence-corrected chi connectivity index (χ2v) is 15.9. The Balaban J connectivity index is 1.12. The molecule has 0 radical (unpaired) electrons. The fourth-order valence-corrected chi connectivity index (χ4v) is 10.8. The standard InChI is InChI=1S/C46H38N8/c1-28-14-13-17-30(26-28)51-38-27-32(31-18-7-11-22-36(31)53(38)43-42(51)49-34-20-9-10-21-35(34)50-43)39-45(2)33-19-8-12-23-37(33)54-41-40(47-24-25-48-41)52(44(54)46(39,45)3)29-15-5-4-6-16-29/h4-13,15-26,28,38,44H,14,27H2,1-3H3/b39-32+. The number of allylic oxidation sites excluding steroid dienone is 3. The molecule has 54 heavy (non-hydrogen) atoms. The number of para-hydroxylation sites is 5. The van der Waals surface area contributed by atoms with Gasteiger partial charge in [0.05, 0.1) is 16.7 Å². The van der Waals surface area contributed by atoms with Crippen molar-refractivity contribution in [3.63, 3.8) is 0 Å². The Kier molecular flexibility index (Phi) is 5.84. The van der Waals surface area contributed by atoms with Crippen LogP contribution in [-0.4, -0.2) is 32.3 Å². The summed E-state index contributed by atoms with van der Waals surface area (Å²) in [6.45, 7) is 7.28. The van der Waals surface area contributed by atoms with Gasteiger partial charge in [0.1, 0.15) is 12.3 Å². The summed E-state index contributed by atoms with van der Waals surface area (Å²) < 4.78 is 0. The summed E-state index contributed by atoms with van der Waals surface area (Å²) in [7, 11) is 0. The molecule has 0 N–H and O–H groups in total. The van der Waals surface area contributed by atoms with Gasteiger partial charge in [0.2, 0.25) is 0 Å². The summed E-state index contributed by atoms with van der Waals surface area (Å²) in [6.07, 6.45) is 12.4. The Hall–Kier alpha value is -6.28. The number of aromatic nitrogens is 4. The van der Waals surface area contributed by atoms with Gasteiger partial charge < -0.3 is 19.6 Å². The van der Waals surface area contributed by atoms with Crippen LogP contribution in [0.25, 0.3) is 16.6 Å².